The molecular weight excluding hydrogens is 983 g/mol. The van der Waals surface area contributed by atoms with E-state index in [0.29, 0.717) is 25.9 Å². The van der Waals surface area contributed by atoms with E-state index in [-0.39, 0.29) is 18.5 Å². The van der Waals surface area contributed by atoms with Crippen LogP contribution in [0.15, 0.2) is 24.3 Å². The number of aliphatic hydroxyl groups is 2. The molecule has 6 heteroatoms. The van der Waals surface area contributed by atoms with Crippen LogP contribution in [0.5, 0.6) is 0 Å². The Hall–Kier alpha value is -1.66. The number of hydrogen-bond acceptors (Lipinski definition) is 5. The first-order valence-electron chi connectivity index (χ1n) is 36.6. The first kappa shape index (κ1) is 78.3. The molecule has 2 unspecified atom stereocenters. The summed E-state index contributed by atoms with van der Waals surface area (Å²) >= 11 is 0. The standard InChI is InChI=1S/C74H143NO5/c1-3-5-7-9-11-13-15-17-18-19-34-37-40-43-46-50-54-58-62-66-72(77)71(70-76)75-73(78)67-63-59-55-51-47-44-41-38-35-32-30-28-26-24-22-20-21-23-25-27-29-31-33-36-39-42-45-49-53-57-61-65-69-80-74(79)68-64-60-56-52-48-16-14-12-10-8-6-4-2/h12,14,23,25,71-72,76-77H,3-11,13,15-22,24,26-70H2,1-2H3,(H,75,78)/b14-12-,25-23-. The fourth-order valence-electron chi connectivity index (χ4n) is 11.6. The summed E-state index contributed by atoms with van der Waals surface area (Å²) in [6.07, 6.45) is 88.1. The molecule has 0 aromatic rings. The van der Waals surface area contributed by atoms with E-state index in [1.54, 1.807) is 0 Å². The largest absolute Gasteiger partial charge is 0.466 e. The third-order valence-electron chi connectivity index (χ3n) is 17.2. The Balaban J connectivity index is 3.36. The number of hydrogen-bond donors (Lipinski definition) is 3. The Labute approximate surface area is 501 Å². The third kappa shape index (κ3) is 65.5. The molecule has 80 heavy (non-hydrogen) atoms. The number of nitrogens with one attached hydrogen (secondary N) is 1. The molecular formula is C74H143NO5. The highest BCUT2D eigenvalue weighted by Crippen LogP contribution is 2.19. The zero-order chi connectivity index (χ0) is 57.8. The molecule has 6 nitrogen and oxygen atoms in total. The number of aliphatic hydroxyl groups excluding tert-OH is 2. The van der Waals surface area contributed by atoms with Gasteiger partial charge in [0.1, 0.15) is 0 Å². The van der Waals surface area contributed by atoms with Crippen LogP contribution < -0.4 is 5.32 Å². The Morgan fingerprint density at radius 3 is 0.912 bits per heavy atom. The molecule has 0 fully saturated rings. The highest BCUT2D eigenvalue weighted by molar-refractivity contribution is 5.76. The van der Waals surface area contributed by atoms with E-state index in [1.165, 1.54) is 334 Å². The lowest BCUT2D eigenvalue weighted by Crippen LogP contribution is -2.45. The zero-order valence-electron chi connectivity index (χ0n) is 54.3. The highest BCUT2D eigenvalue weighted by Gasteiger charge is 2.20. The number of rotatable bonds is 69. The molecule has 3 N–H and O–H groups in total. The van der Waals surface area contributed by atoms with Crippen molar-refractivity contribution >= 4 is 11.9 Å². The number of carbonyl (C=O) groups is 2. The van der Waals surface area contributed by atoms with Crippen LogP contribution in [0.3, 0.4) is 0 Å². The van der Waals surface area contributed by atoms with Crippen LogP contribution in [0, 0.1) is 0 Å². The third-order valence-corrected chi connectivity index (χ3v) is 17.2. The minimum Gasteiger partial charge on any atom is -0.466 e. The van der Waals surface area contributed by atoms with Crippen molar-refractivity contribution in [2.45, 2.75) is 424 Å². The van der Waals surface area contributed by atoms with Gasteiger partial charge in [0.2, 0.25) is 5.91 Å². The minimum atomic E-state index is -0.663. The lowest BCUT2D eigenvalue weighted by atomic mass is 10.0. The molecule has 2 atom stereocenters. The van der Waals surface area contributed by atoms with E-state index in [9.17, 15) is 19.8 Å². The number of amides is 1. The molecule has 0 bridgehead atoms. The molecule has 0 saturated heterocycles. The SMILES string of the molecule is CCCCC/C=C\CCCCCCCC(=O)OCCCCCCCCCCCCCC/C=C\CCCCCCCCCCCCCCCCCCC(=O)NC(CO)C(O)CCCCCCCCCCCCCCCCCCCCC. The van der Waals surface area contributed by atoms with E-state index in [0.717, 1.165) is 44.9 Å². The van der Waals surface area contributed by atoms with Crippen LogP contribution in [0.1, 0.15) is 412 Å². The second-order valence-electron chi connectivity index (χ2n) is 25.3. The van der Waals surface area contributed by atoms with Crippen molar-refractivity contribution in [2.24, 2.45) is 0 Å². The summed E-state index contributed by atoms with van der Waals surface area (Å²) in [5, 5.41) is 23.4. The van der Waals surface area contributed by atoms with Crippen molar-refractivity contribution in [3.8, 4) is 0 Å². The lowest BCUT2D eigenvalue weighted by molar-refractivity contribution is -0.143. The number of carbonyl (C=O) groups excluding carboxylic acids is 2. The van der Waals surface area contributed by atoms with Gasteiger partial charge in [0.15, 0.2) is 0 Å². The molecule has 1 amide bonds. The van der Waals surface area contributed by atoms with E-state index in [1.807, 2.05) is 0 Å². The van der Waals surface area contributed by atoms with Gasteiger partial charge in [0, 0.05) is 12.8 Å². The minimum absolute atomic E-state index is 0.00870. The number of esters is 1. The van der Waals surface area contributed by atoms with Crippen LogP contribution in [-0.4, -0.2) is 47.4 Å². The Morgan fingerprint density at radius 2 is 0.588 bits per heavy atom. The molecule has 0 saturated carbocycles. The molecule has 0 aliphatic rings. The van der Waals surface area contributed by atoms with Crippen molar-refractivity contribution in [3.05, 3.63) is 24.3 Å². The summed E-state index contributed by atoms with van der Waals surface area (Å²) in [7, 11) is 0. The summed E-state index contributed by atoms with van der Waals surface area (Å²) in [6.45, 7) is 4.97. The maximum Gasteiger partial charge on any atom is 0.305 e. The summed E-state index contributed by atoms with van der Waals surface area (Å²) in [4.78, 5) is 24.6. The quantitative estimate of drug-likeness (QED) is 0.0320. The Bertz CT molecular complexity index is 1250. The first-order chi connectivity index (χ1) is 39.5. The number of allylic oxidation sites excluding steroid dienone is 4. The molecule has 0 heterocycles. The highest BCUT2D eigenvalue weighted by atomic mass is 16.5. The predicted octanol–water partition coefficient (Wildman–Crippen LogP) is 23.7. The smallest absolute Gasteiger partial charge is 0.305 e. The zero-order valence-corrected chi connectivity index (χ0v) is 54.3. The van der Waals surface area contributed by atoms with Crippen molar-refractivity contribution in [1.82, 2.24) is 5.32 Å². The number of unbranched alkanes of at least 4 members (excludes halogenated alkanes) is 54. The van der Waals surface area contributed by atoms with Gasteiger partial charge in [0.25, 0.3) is 0 Å². The monoisotopic (exact) mass is 1130 g/mol. The van der Waals surface area contributed by atoms with Crippen molar-refractivity contribution in [3.63, 3.8) is 0 Å². The average molecular weight is 1130 g/mol. The molecule has 474 valence electrons. The van der Waals surface area contributed by atoms with Gasteiger partial charge >= 0.3 is 5.97 Å². The van der Waals surface area contributed by atoms with Crippen LogP contribution in [-0.2, 0) is 14.3 Å². The fraction of sp³-hybridized carbons (Fsp3) is 0.919. The van der Waals surface area contributed by atoms with Crippen LogP contribution >= 0.6 is 0 Å². The maximum absolute atomic E-state index is 12.5. The molecule has 0 aromatic carbocycles. The van der Waals surface area contributed by atoms with Crippen molar-refractivity contribution in [2.75, 3.05) is 13.2 Å². The van der Waals surface area contributed by atoms with Gasteiger partial charge in [-0.1, -0.05) is 346 Å². The molecule has 0 aliphatic carbocycles. The maximum atomic E-state index is 12.5. The lowest BCUT2D eigenvalue weighted by Gasteiger charge is -2.22. The van der Waals surface area contributed by atoms with Gasteiger partial charge in [-0.05, 0) is 77.0 Å². The summed E-state index contributed by atoms with van der Waals surface area (Å²) in [6, 6.07) is -0.540. The van der Waals surface area contributed by atoms with Gasteiger partial charge < -0.3 is 20.3 Å². The Morgan fingerprint density at radius 1 is 0.338 bits per heavy atom. The molecule has 0 radical (unpaired) electrons. The fourth-order valence-corrected chi connectivity index (χ4v) is 11.6. The second-order valence-corrected chi connectivity index (χ2v) is 25.3. The average Bonchev–Trinajstić information content (AvgIpc) is 3.46. The van der Waals surface area contributed by atoms with Crippen molar-refractivity contribution in [1.29, 1.82) is 0 Å². The van der Waals surface area contributed by atoms with E-state index in [4.69, 9.17) is 4.74 Å². The Kier molecular flexibility index (Phi) is 68.4. The van der Waals surface area contributed by atoms with Crippen LogP contribution in [0.4, 0.5) is 0 Å². The van der Waals surface area contributed by atoms with E-state index < -0.39 is 12.1 Å². The summed E-state index contributed by atoms with van der Waals surface area (Å²) in [5.41, 5.74) is 0. The second kappa shape index (κ2) is 69.8. The molecule has 0 rings (SSSR count). The molecule has 0 aromatic heterocycles. The predicted molar refractivity (Wildman–Crippen MR) is 352 cm³/mol. The number of ether oxygens (including phenoxy) is 1. The van der Waals surface area contributed by atoms with E-state index >= 15 is 0 Å². The van der Waals surface area contributed by atoms with Crippen molar-refractivity contribution < 1.29 is 24.5 Å². The van der Waals surface area contributed by atoms with Crippen LogP contribution in [0.25, 0.3) is 0 Å². The van der Waals surface area contributed by atoms with E-state index in [2.05, 4.69) is 43.5 Å². The summed E-state index contributed by atoms with van der Waals surface area (Å²) in [5.74, 6) is -0.0193. The van der Waals surface area contributed by atoms with Gasteiger partial charge in [0.05, 0.1) is 25.4 Å². The summed E-state index contributed by atoms with van der Waals surface area (Å²) < 4.78 is 5.48. The van der Waals surface area contributed by atoms with Crippen LogP contribution in [0.2, 0.25) is 0 Å². The van der Waals surface area contributed by atoms with Gasteiger partial charge in [-0.25, -0.2) is 0 Å². The topological polar surface area (TPSA) is 95.9 Å². The van der Waals surface area contributed by atoms with Gasteiger partial charge in [-0.2, -0.15) is 0 Å². The van der Waals surface area contributed by atoms with Gasteiger partial charge in [-0.3, -0.25) is 9.59 Å². The normalized spacial score (nSPS) is 12.6. The first-order valence-corrected chi connectivity index (χ1v) is 36.6. The molecule has 0 aliphatic heterocycles. The molecule has 0 spiro atoms. The van der Waals surface area contributed by atoms with Gasteiger partial charge in [-0.15, -0.1) is 0 Å².